The highest BCUT2D eigenvalue weighted by molar-refractivity contribution is 6.02. The van der Waals surface area contributed by atoms with Crippen LogP contribution in [0.4, 0.5) is 11.4 Å². The Balaban J connectivity index is 2.42. The molecule has 0 atom stereocenters. The second-order valence-electron chi connectivity index (χ2n) is 4.23. The zero-order valence-corrected chi connectivity index (χ0v) is 9.98. The van der Waals surface area contributed by atoms with Crippen LogP contribution in [0, 0.1) is 0 Å². The topological polar surface area (TPSA) is 101 Å². The first-order chi connectivity index (χ1) is 8.59. The Bertz CT molecular complexity index is 487. The summed E-state index contributed by atoms with van der Waals surface area (Å²) in [5.41, 5.74) is 12.6. The van der Waals surface area contributed by atoms with Gasteiger partial charge in [-0.2, -0.15) is 0 Å². The Morgan fingerprint density at radius 1 is 1.39 bits per heavy atom. The Hall–Kier alpha value is -2.24. The number of carbonyl (C=O) groups is 2. The summed E-state index contributed by atoms with van der Waals surface area (Å²) in [7, 11) is 0. The molecule has 1 aliphatic heterocycles. The molecule has 18 heavy (non-hydrogen) atoms. The molecule has 1 fully saturated rings. The number of rotatable bonds is 2. The van der Waals surface area contributed by atoms with Crippen molar-refractivity contribution >= 4 is 23.2 Å². The van der Waals surface area contributed by atoms with E-state index >= 15 is 0 Å². The number of nitrogens with zero attached hydrogens (tertiary/aromatic N) is 1. The number of nitrogens with two attached hydrogens (primary N) is 2. The number of para-hydroxylation sites is 1. The Morgan fingerprint density at radius 3 is 2.89 bits per heavy atom. The summed E-state index contributed by atoms with van der Waals surface area (Å²) in [5.74, 6) is -0.617. The molecule has 6 nitrogen and oxygen atoms in total. The molecule has 6 heteroatoms. The molecule has 1 aromatic carbocycles. The number of amides is 2. The van der Waals surface area contributed by atoms with Gasteiger partial charge in [0.15, 0.2) is 0 Å². The smallest absolute Gasteiger partial charge is 0.250 e. The summed E-state index contributed by atoms with van der Waals surface area (Å²) in [6.07, 6.45) is 0.804. The number of hydrogen-bond donors (Lipinski definition) is 3. The molecule has 0 bridgehead atoms. The van der Waals surface area contributed by atoms with Gasteiger partial charge in [-0.05, 0) is 18.6 Å². The zero-order chi connectivity index (χ0) is 13.1. The van der Waals surface area contributed by atoms with Crippen LogP contribution in [0.2, 0.25) is 0 Å². The van der Waals surface area contributed by atoms with Gasteiger partial charge in [0.1, 0.15) is 0 Å². The van der Waals surface area contributed by atoms with E-state index in [9.17, 15) is 9.59 Å². The average Bonchev–Trinajstić information content (AvgIpc) is 2.53. The van der Waals surface area contributed by atoms with Crippen LogP contribution in [-0.4, -0.2) is 31.4 Å². The molecule has 1 saturated heterocycles. The number of benzene rings is 1. The maximum Gasteiger partial charge on any atom is 0.250 e. The van der Waals surface area contributed by atoms with Crippen LogP contribution in [0.15, 0.2) is 18.2 Å². The average molecular weight is 248 g/mol. The van der Waals surface area contributed by atoms with Crippen molar-refractivity contribution < 1.29 is 9.59 Å². The molecular weight excluding hydrogens is 232 g/mol. The lowest BCUT2D eigenvalue weighted by Gasteiger charge is -2.24. The molecule has 0 spiro atoms. The minimum atomic E-state index is -0.540. The highest BCUT2D eigenvalue weighted by atomic mass is 16.2. The van der Waals surface area contributed by atoms with Crippen LogP contribution in [0.3, 0.4) is 0 Å². The normalized spacial score (nSPS) is 16.0. The lowest BCUT2D eigenvalue weighted by atomic mass is 10.1. The van der Waals surface area contributed by atoms with Gasteiger partial charge in [0.05, 0.1) is 23.5 Å². The largest absolute Gasteiger partial charge is 0.397 e. The Morgan fingerprint density at radius 2 is 2.17 bits per heavy atom. The number of nitrogen functional groups attached to an aromatic ring is 1. The van der Waals surface area contributed by atoms with E-state index in [1.165, 1.54) is 0 Å². The molecule has 1 aliphatic rings. The molecule has 0 unspecified atom stereocenters. The third kappa shape index (κ3) is 2.37. The van der Waals surface area contributed by atoms with Gasteiger partial charge in [-0.1, -0.05) is 6.07 Å². The number of primary amides is 1. The van der Waals surface area contributed by atoms with Crippen molar-refractivity contribution in [1.82, 2.24) is 5.32 Å². The van der Waals surface area contributed by atoms with E-state index in [1.807, 2.05) is 0 Å². The van der Waals surface area contributed by atoms with Gasteiger partial charge < -0.3 is 21.7 Å². The van der Waals surface area contributed by atoms with Crippen molar-refractivity contribution in [3.05, 3.63) is 23.8 Å². The van der Waals surface area contributed by atoms with Gasteiger partial charge in [0, 0.05) is 13.1 Å². The van der Waals surface area contributed by atoms with Gasteiger partial charge in [-0.25, -0.2) is 0 Å². The number of nitrogens with one attached hydrogen (secondary N) is 1. The second kappa shape index (κ2) is 4.95. The quantitative estimate of drug-likeness (QED) is 0.625. The van der Waals surface area contributed by atoms with Crippen molar-refractivity contribution in [2.75, 3.05) is 30.3 Å². The highest BCUT2D eigenvalue weighted by Crippen LogP contribution is 2.28. The predicted molar refractivity (Wildman–Crippen MR) is 69.2 cm³/mol. The molecule has 0 saturated carbocycles. The molecule has 96 valence electrons. The van der Waals surface area contributed by atoms with Crippen LogP contribution < -0.4 is 21.7 Å². The first-order valence-corrected chi connectivity index (χ1v) is 5.79. The first kappa shape index (κ1) is 12.2. The van der Waals surface area contributed by atoms with Gasteiger partial charge in [-0.3, -0.25) is 9.59 Å². The maximum absolute atomic E-state index is 11.5. The van der Waals surface area contributed by atoms with Gasteiger partial charge >= 0.3 is 0 Å². The molecule has 5 N–H and O–H groups in total. The van der Waals surface area contributed by atoms with Crippen LogP contribution in [0.5, 0.6) is 0 Å². The highest BCUT2D eigenvalue weighted by Gasteiger charge is 2.21. The molecule has 0 aromatic heterocycles. The fraction of sp³-hybridized carbons (Fsp3) is 0.333. The van der Waals surface area contributed by atoms with Gasteiger partial charge in [0.2, 0.25) is 5.91 Å². The summed E-state index contributed by atoms with van der Waals surface area (Å²) in [6.45, 7) is 1.48. The van der Waals surface area contributed by atoms with Crippen molar-refractivity contribution in [2.24, 2.45) is 5.73 Å². The zero-order valence-electron chi connectivity index (χ0n) is 9.98. The molecule has 2 rings (SSSR count). The van der Waals surface area contributed by atoms with Gasteiger partial charge in [-0.15, -0.1) is 0 Å². The monoisotopic (exact) mass is 248 g/mol. The predicted octanol–water partition coefficient (Wildman–Crippen LogP) is -0.306. The molecular formula is C12H16N4O2. The lowest BCUT2D eigenvalue weighted by Crippen LogP contribution is -2.34. The Labute approximate surface area is 105 Å². The van der Waals surface area contributed by atoms with Crippen LogP contribution in [0.1, 0.15) is 16.8 Å². The van der Waals surface area contributed by atoms with E-state index in [4.69, 9.17) is 11.5 Å². The summed E-state index contributed by atoms with van der Waals surface area (Å²) in [5, 5.41) is 2.77. The number of anilines is 2. The van der Waals surface area contributed by atoms with E-state index < -0.39 is 5.91 Å². The SMILES string of the molecule is NC(=O)c1cccc(N)c1N1CCCNC(=O)C1. The molecule has 1 heterocycles. The summed E-state index contributed by atoms with van der Waals surface area (Å²) < 4.78 is 0. The van der Waals surface area contributed by atoms with E-state index in [2.05, 4.69) is 5.32 Å². The van der Waals surface area contributed by atoms with E-state index in [-0.39, 0.29) is 12.5 Å². The van der Waals surface area contributed by atoms with Crippen LogP contribution in [0.25, 0.3) is 0 Å². The van der Waals surface area contributed by atoms with E-state index in [0.717, 1.165) is 6.42 Å². The van der Waals surface area contributed by atoms with Gasteiger partial charge in [0.25, 0.3) is 5.91 Å². The molecule has 0 aliphatic carbocycles. The molecule has 1 aromatic rings. The minimum absolute atomic E-state index is 0.0776. The summed E-state index contributed by atoms with van der Waals surface area (Å²) in [4.78, 5) is 24.8. The third-order valence-electron chi connectivity index (χ3n) is 2.91. The Kier molecular flexibility index (Phi) is 3.36. The lowest BCUT2D eigenvalue weighted by molar-refractivity contribution is -0.119. The molecule has 0 radical (unpaired) electrons. The number of hydrogen-bond acceptors (Lipinski definition) is 4. The standard InChI is InChI=1S/C12H16N4O2/c13-9-4-1-3-8(12(14)18)11(9)16-6-2-5-15-10(17)7-16/h1,3-4H,2,5-7,13H2,(H2,14,18)(H,15,17). The molecule has 2 amide bonds. The summed E-state index contributed by atoms with van der Waals surface area (Å²) in [6, 6.07) is 5.00. The fourth-order valence-electron chi connectivity index (χ4n) is 2.11. The summed E-state index contributed by atoms with van der Waals surface area (Å²) >= 11 is 0. The third-order valence-corrected chi connectivity index (χ3v) is 2.91. The maximum atomic E-state index is 11.5. The first-order valence-electron chi connectivity index (χ1n) is 5.79. The van der Waals surface area contributed by atoms with Crippen molar-refractivity contribution in [3.63, 3.8) is 0 Å². The van der Waals surface area contributed by atoms with Crippen LogP contribution in [-0.2, 0) is 4.79 Å². The second-order valence-corrected chi connectivity index (χ2v) is 4.23. The minimum Gasteiger partial charge on any atom is -0.397 e. The van der Waals surface area contributed by atoms with Crippen molar-refractivity contribution in [1.29, 1.82) is 0 Å². The van der Waals surface area contributed by atoms with Crippen molar-refractivity contribution in [3.8, 4) is 0 Å². The fourth-order valence-corrected chi connectivity index (χ4v) is 2.11. The van der Waals surface area contributed by atoms with E-state index in [0.29, 0.717) is 30.0 Å². The van der Waals surface area contributed by atoms with Crippen LogP contribution >= 0.6 is 0 Å². The number of carbonyl (C=O) groups excluding carboxylic acids is 2. The van der Waals surface area contributed by atoms with Crippen molar-refractivity contribution in [2.45, 2.75) is 6.42 Å². The van der Waals surface area contributed by atoms with E-state index in [1.54, 1.807) is 23.1 Å².